The molecule has 108 valence electrons. The first kappa shape index (κ1) is 15.0. The van der Waals surface area contributed by atoms with E-state index in [0.717, 1.165) is 16.2 Å². The molecule has 0 aromatic carbocycles. The van der Waals surface area contributed by atoms with Crippen molar-refractivity contribution in [2.24, 2.45) is 11.8 Å². The Bertz CT molecular complexity index is 551. The second kappa shape index (κ2) is 5.52. The first-order valence-corrected chi connectivity index (χ1v) is 8.82. The number of hydrogen-bond acceptors (Lipinski definition) is 4. The lowest BCUT2D eigenvalue weighted by atomic mass is 10.3. The Morgan fingerprint density at radius 3 is 2.68 bits per heavy atom. The van der Waals surface area contributed by atoms with Gasteiger partial charge in [-0.3, -0.25) is 0 Å². The highest BCUT2D eigenvalue weighted by Crippen LogP contribution is 2.39. The summed E-state index contributed by atoms with van der Waals surface area (Å²) >= 11 is 1.55. The van der Waals surface area contributed by atoms with Gasteiger partial charge in [-0.1, -0.05) is 6.92 Å². The maximum atomic E-state index is 12.6. The highest BCUT2D eigenvalue weighted by Gasteiger charge is 2.36. The molecule has 1 fully saturated rings. The van der Waals surface area contributed by atoms with E-state index in [0.29, 0.717) is 29.8 Å². The molecule has 0 radical (unpaired) electrons. The van der Waals surface area contributed by atoms with E-state index in [9.17, 15) is 8.42 Å². The van der Waals surface area contributed by atoms with Crippen LogP contribution >= 0.6 is 11.3 Å². The summed E-state index contributed by atoms with van der Waals surface area (Å²) in [6, 6.07) is 1.80. The zero-order valence-electron chi connectivity index (χ0n) is 11.9. The Kier molecular flexibility index (Phi) is 4.35. The maximum absolute atomic E-state index is 12.6. The summed E-state index contributed by atoms with van der Waals surface area (Å²) in [6.45, 7) is 5.40. The largest absolute Gasteiger partial charge is 0.315 e. The molecule has 2 rings (SSSR count). The topological polar surface area (TPSA) is 49.4 Å². The summed E-state index contributed by atoms with van der Waals surface area (Å²) in [5.74, 6) is 1.21. The number of rotatable bonds is 6. The first-order chi connectivity index (χ1) is 8.86. The number of sulfonamides is 1. The van der Waals surface area contributed by atoms with Gasteiger partial charge >= 0.3 is 0 Å². The molecule has 1 aromatic rings. The Morgan fingerprint density at radius 2 is 2.16 bits per heavy atom. The normalized spacial score (nSPS) is 23.0. The molecule has 1 aromatic heterocycles. The van der Waals surface area contributed by atoms with E-state index >= 15 is 0 Å². The molecule has 0 spiro atoms. The second-order valence-corrected chi connectivity index (χ2v) is 8.78. The van der Waals surface area contributed by atoms with E-state index < -0.39 is 10.0 Å². The lowest BCUT2D eigenvalue weighted by Gasteiger charge is -2.16. The van der Waals surface area contributed by atoms with Gasteiger partial charge in [-0.15, -0.1) is 11.3 Å². The van der Waals surface area contributed by atoms with Crippen molar-refractivity contribution in [3.05, 3.63) is 15.8 Å². The number of thiophene rings is 1. The molecular weight excluding hydrogens is 280 g/mol. The van der Waals surface area contributed by atoms with Crippen LogP contribution in [0.15, 0.2) is 11.0 Å². The zero-order valence-corrected chi connectivity index (χ0v) is 13.6. The van der Waals surface area contributed by atoms with E-state index in [1.54, 1.807) is 24.5 Å². The number of aryl methyl sites for hydroxylation is 1. The lowest BCUT2D eigenvalue weighted by molar-refractivity contribution is 0.444. The molecule has 0 bridgehead atoms. The molecule has 1 N–H and O–H groups in total. The average Bonchev–Trinajstić information content (AvgIpc) is 2.86. The van der Waals surface area contributed by atoms with Gasteiger partial charge in [-0.05, 0) is 38.3 Å². The van der Waals surface area contributed by atoms with Crippen molar-refractivity contribution < 1.29 is 8.42 Å². The van der Waals surface area contributed by atoms with E-state index in [4.69, 9.17) is 0 Å². The summed E-state index contributed by atoms with van der Waals surface area (Å²) < 4.78 is 26.6. The molecule has 0 aliphatic heterocycles. The molecule has 1 aliphatic rings. The van der Waals surface area contributed by atoms with E-state index in [1.165, 1.54) is 4.31 Å². The van der Waals surface area contributed by atoms with Crippen molar-refractivity contribution in [2.75, 3.05) is 20.6 Å². The summed E-state index contributed by atoms with van der Waals surface area (Å²) in [5.41, 5.74) is 0. The average molecular weight is 302 g/mol. The molecule has 1 saturated carbocycles. The minimum Gasteiger partial charge on any atom is -0.315 e. The van der Waals surface area contributed by atoms with Gasteiger partial charge in [0.05, 0.1) is 4.90 Å². The third-order valence-corrected chi connectivity index (χ3v) is 6.86. The van der Waals surface area contributed by atoms with Gasteiger partial charge in [-0.25, -0.2) is 12.7 Å². The lowest BCUT2D eigenvalue weighted by Crippen LogP contribution is -2.29. The molecule has 1 heterocycles. The highest BCUT2D eigenvalue weighted by molar-refractivity contribution is 7.89. The second-order valence-electron chi connectivity index (χ2n) is 5.42. The minimum absolute atomic E-state index is 0.471. The predicted molar refractivity (Wildman–Crippen MR) is 78.9 cm³/mol. The van der Waals surface area contributed by atoms with E-state index in [2.05, 4.69) is 12.2 Å². The summed E-state index contributed by atoms with van der Waals surface area (Å²) in [6.07, 6.45) is 1.15. The Hall–Kier alpha value is -0.430. The zero-order chi connectivity index (χ0) is 14.2. The quantitative estimate of drug-likeness (QED) is 0.875. The molecule has 6 heteroatoms. The van der Waals surface area contributed by atoms with Gasteiger partial charge in [0.25, 0.3) is 0 Å². The third kappa shape index (κ3) is 3.18. The van der Waals surface area contributed by atoms with Crippen LogP contribution in [0.4, 0.5) is 0 Å². The fourth-order valence-electron chi connectivity index (χ4n) is 2.29. The smallest absolute Gasteiger partial charge is 0.243 e. The van der Waals surface area contributed by atoms with Gasteiger partial charge in [-0.2, -0.15) is 0 Å². The summed E-state index contributed by atoms with van der Waals surface area (Å²) in [7, 11) is 0.225. The standard InChI is InChI=1S/C13H22N2O2S2/c1-9-5-11(9)8-15(4)19(16,17)13-6-12(7-14-3)18-10(13)2/h6,9,11,14H,5,7-8H2,1-4H3. The SMILES string of the molecule is CNCc1cc(S(=O)(=O)N(C)CC2CC2C)c(C)s1. The number of nitrogens with one attached hydrogen (secondary N) is 1. The van der Waals surface area contributed by atoms with Crippen LogP contribution in [0.2, 0.25) is 0 Å². The van der Waals surface area contributed by atoms with Crippen molar-refractivity contribution in [1.82, 2.24) is 9.62 Å². The molecule has 19 heavy (non-hydrogen) atoms. The van der Waals surface area contributed by atoms with Crippen LogP contribution in [0.3, 0.4) is 0 Å². The Balaban J connectivity index is 2.18. The fourth-order valence-corrected chi connectivity index (χ4v) is 5.13. The Labute approximate surface area is 119 Å². The van der Waals surface area contributed by atoms with Crippen LogP contribution < -0.4 is 5.32 Å². The first-order valence-electron chi connectivity index (χ1n) is 6.56. The fraction of sp³-hybridized carbons (Fsp3) is 0.692. The molecule has 2 atom stereocenters. The van der Waals surface area contributed by atoms with Crippen LogP contribution in [0.5, 0.6) is 0 Å². The van der Waals surface area contributed by atoms with Crippen molar-refractivity contribution in [2.45, 2.75) is 31.7 Å². The van der Waals surface area contributed by atoms with Gasteiger partial charge in [0, 0.05) is 29.9 Å². The predicted octanol–water partition coefficient (Wildman–Crippen LogP) is 2.05. The molecule has 1 aliphatic carbocycles. The van der Waals surface area contributed by atoms with Gasteiger partial charge in [0.1, 0.15) is 0 Å². The number of nitrogens with zero attached hydrogens (tertiary/aromatic N) is 1. The van der Waals surface area contributed by atoms with Crippen LogP contribution in [0, 0.1) is 18.8 Å². The third-order valence-electron chi connectivity index (χ3n) is 3.73. The van der Waals surface area contributed by atoms with E-state index in [1.807, 2.05) is 14.0 Å². The van der Waals surface area contributed by atoms with Crippen molar-refractivity contribution in [3.8, 4) is 0 Å². The van der Waals surface area contributed by atoms with Gasteiger partial charge < -0.3 is 5.32 Å². The maximum Gasteiger partial charge on any atom is 0.243 e. The summed E-state index contributed by atoms with van der Waals surface area (Å²) in [5, 5.41) is 3.06. The van der Waals surface area contributed by atoms with Crippen molar-refractivity contribution in [1.29, 1.82) is 0 Å². The van der Waals surface area contributed by atoms with Crippen molar-refractivity contribution in [3.63, 3.8) is 0 Å². The molecule has 0 amide bonds. The van der Waals surface area contributed by atoms with Crippen LogP contribution in [-0.4, -0.2) is 33.4 Å². The summed E-state index contributed by atoms with van der Waals surface area (Å²) in [4.78, 5) is 2.41. The Morgan fingerprint density at radius 1 is 1.53 bits per heavy atom. The van der Waals surface area contributed by atoms with Crippen LogP contribution in [0.1, 0.15) is 23.1 Å². The molecule has 2 unspecified atom stereocenters. The molecular formula is C13H22N2O2S2. The van der Waals surface area contributed by atoms with Crippen LogP contribution in [-0.2, 0) is 16.6 Å². The highest BCUT2D eigenvalue weighted by atomic mass is 32.2. The van der Waals surface area contributed by atoms with Crippen molar-refractivity contribution >= 4 is 21.4 Å². The van der Waals surface area contributed by atoms with Crippen LogP contribution in [0.25, 0.3) is 0 Å². The minimum atomic E-state index is -3.33. The molecule has 4 nitrogen and oxygen atoms in total. The monoisotopic (exact) mass is 302 g/mol. The number of hydrogen-bond donors (Lipinski definition) is 1. The van der Waals surface area contributed by atoms with Gasteiger partial charge in [0.2, 0.25) is 10.0 Å². The molecule has 0 saturated heterocycles. The van der Waals surface area contributed by atoms with Gasteiger partial charge in [0.15, 0.2) is 0 Å². The van der Waals surface area contributed by atoms with E-state index in [-0.39, 0.29) is 0 Å².